The van der Waals surface area contributed by atoms with Gasteiger partial charge in [0.1, 0.15) is 5.76 Å². The molecule has 1 radical (unpaired) electrons. The van der Waals surface area contributed by atoms with Crippen LogP contribution in [-0.4, -0.2) is 4.98 Å². The topological polar surface area (TPSA) is 28.9 Å². The zero-order valence-corrected chi connectivity index (χ0v) is 6.00. The summed E-state index contributed by atoms with van der Waals surface area (Å²) in [6, 6.07) is 8.71. The summed E-state index contributed by atoms with van der Waals surface area (Å²) in [5.41, 5.74) is 1.16. The van der Waals surface area contributed by atoms with E-state index in [0.717, 1.165) is 17.9 Å². The van der Waals surface area contributed by atoms with Gasteiger partial charge < -0.3 is 9.40 Å². The van der Waals surface area contributed by atoms with Crippen LogP contribution in [0.15, 0.2) is 35.1 Å². The van der Waals surface area contributed by atoms with Gasteiger partial charge in [-0.3, -0.25) is 0 Å². The van der Waals surface area contributed by atoms with Crippen LogP contribution in [0, 0.1) is 6.07 Å². The standard InChI is InChI=1S/C9H8NO/c1-3-8(10-5-1)7-9-4-2-6-11-9/h1,3-6,10H,7H2. The Labute approximate surface area is 64.9 Å². The van der Waals surface area contributed by atoms with Gasteiger partial charge in [0.25, 0.3) is 0 Å². The van der Waals surface area contributed by atoms with E-state index in [-0.39, 0.29) is 0 Å². The van der Waals surface area contributed by atoms with Crippen molar-refractivity contribution in [3.63, 3.8) is 0 Å². The average molecular weight is 146 g/mol. The molecule has 0 amide bonds. The smallest absolute Gasteiger partial charge is 0.110 e. The fourth-order valence-corrected chi connectivity index (χ4v) is 1.03. The number of nitrogens with one attached hydrogen (secondary N) is 1. The predicted octanol–water partition coefficient (Wildman–Crippen LogP) is 2.00. The summed E-state index contributed by atoms with van der Waals surface area (Å²) in [7, 11) is 0. The minimum absolute atomic E-state index is 0.816. The maximum atomic E-state index is 5.13. The second-order valence-corrected chi connectivity index (χ2v) is 2.39. The van der Waals surface area contributed by atoms with E-state index in [9.17, 15) is 0 Å². The highest BCUT2D eigenvalue weighted by atomic mass is 16.3. The van der Waals surface area contributed by atoms with E-state index >= 15 is 0 Å². The lowest BCUT2D eigenvalue weighted by molar-refractivity contribution is 0.519. The molecule has 0 bridgehead atoms. The SMILES string of the molecule is [c]1coc(Cc2ccc[nH]2)c1. The molecule has 55 valence electrons. The molecule has 0 saturated carbocycles. The first-order valence-corrected chi connectivity index (χ1v) is 3.51. The predicted molar refractivity (Wildman–Crippen MR) is 41.1 cm³/mol. The molecule has 0 aliphatic rings. The van der Waals surface area contributed by atoms with Crippen LogP contribution >= 0.6 is 0 Å². The van der Waals surface area contributed by atoms with Crippen LogP contribution in [0.5, 0.6) is 0 Å². The van der Waals surface area contributed by atoms with E-state index in [1.807, 2.05) is 24.4 Å². The fourth-order valence-electron chi connectivity index (χ4n) is 1.03. The molecule has 0 atom stereocenters. The van der Waals surface area contributed by atoms with Crippen LogP contribution in [0.2, 0.25) is 0 Å². The highest BCUT2D eigenvalue weighted by Gasteiger charge is 1.97. The van der Waals surface area contributed by atoms with E-state index < -0.39 is 0 Å². The minimum atomic E-state index is 0.816. The molecule has 2 nitrogen and oxygen atoms in total. The van der Waals surface area contributed by atoms with Crippen molar-refractivity contribution in [1.29, 1.82) is 0 Å². The van der Waals surface area contributed by atoms with Gasteiger partial charge in [-0.1, -0.05) is 0 Å². The molecule has 2 heterocycles. The second kappa shape index (κ2) is 2.66. The molecule has 0 aromatic carbocycles. The number of aromatic nitrogens is 1. The van der Waals surface area contributed by atoms with E-state index in [2.05, 4.69) is 11.1 Å². The minimum Gasteiger partial charge on any atom is -0.468 e. The quantitative estimate of drug-likeness (QED) is 0.689. The van der Waals surface area contributed by atoms with Crippen molar-refractivity contribution in [3.8, 4) is 0 Å². The molecule has 0 aliphatic carbocycles. The summed E-state index contributed by atoms with van der Waals surface area (Å²) in [4.78, 5) is 3.10. The largest absolute Gasteiger partial charge is 0.468 e. The van der Waals surface area contributed by atoms with Crippen LogP contribution in [-0.2, 0) is 6.42 Å². The highest BCUT2D eigenvalue weighted by Crippen LogP contribution is 2.06. The summed E-state index contributed by atoms with van der Waals surface area (Å²) in [6.07, 6.45) is 4.29. The number of aromatic amines is 1. The molecule has 2 heteroatoms. The molecule has 1 N–H and O–H groups in total. The van der Waals surface area contributed by atoms with Crippen LogP contribution in [0.4, 0.5) is 0 Å². The Balaban J connectivity index is 2.14. The zero-order chi connectivity index (χ0) is 7.52. The summed E-state index contributed by atoms with van der Waals surface area (Å²) in [5.74, 6) is 0.937. The van der Waals surface area contributed by atoms with E-state index in [4.69, 9.17) is 4.42 Å². The maximum Gasteiger partial charge on any atom is 0.110 e. The van der Waals surface area contributed by atoms with E-state index in [1.54, 1.807) is 6.26 Å². The van der Waals surface area contributed by atoms with Crippen molar-refractivity contribution in [2.45, 2.75) is 6.42 Å². The number of rotatable bonds is 2. The first-order chi connectivity index (χ1) is 5.45. The average Bonchev–Trinajstić information content (AvgIpc) is 2.60. The zero-order valence-electron chi connectivity index (χ0n) is 6.00. The Morgan fingerprint density at radius 1 is 1.55 bits per heavy atom. The van der Waals surface area contributed by atoms with Crippen LogP contribution in [0.25, 0.3) is 0 Å². The van der Waals surface area contributed by atoms with Crippen LogP contribution in [0.1, 0.15) is 11.5 Å². The van der Waals surface area contributed by atoms with Crippen molar-refractivity contribution in [1.82, 2.24) is 4.98 Å². The highest BCUT2D eigenvalue weighted by molar-refractivity contribution is 5.12. The summed E-state index contributed by atoms with van der Waals surface area (Å²) >= 11 is 0. The first kappa shape index (κ1) is 6.28. The molecular formula is C9H8NO. The molecule has 2 aromatic rings. The number of furan rings is 1. The lowest BCUT2D eigenvalue weighted by Crippen LogP contribution is -1.83. The third-order valence-corrected chi connectivity index (χ3v) is 1.55. The number of hydrogen-bond acceptors (Lipinski definition) is 1. The van der Waals surface area contributed by atoms with Crippen LogP contribution in [0.3, 0.4) is 0 Å². The van der Waals surface area contributed by atoms with Crippen molar-refractivity contribution < 1.29 is 4.42 Å². The molecular weight excluding hydrogens is 138 g/mol. The van der Waals surface area contributed by atoms with Crippen LogP contribution < -0.4 is 0 Å². The lowest BCUT2D eigenvalue weighted by Gasteiger charge is -1.91. The van der Waals surface area contributed by atoms with Gasteiger partial charge in [-0.25, -0.2) is 0 Å². The van der Waals surface area contributed by atoms with Gasteiger partial charge in [-0.05, 0) is 18.2 Å². The first-order valence-electron chi connectivity index (χ1n) is 3.51. The Hall–Kier alpha value is -1.44. The van der Waals surface area contributed by atoms with Gasteiger partial charge in [0, 0.05) is 24.4 Å². The Kier molecular flexibility index (Phi) is 1.52. The molecule has 0 saturated heterocycles. The Morgan fingerprint density at radius 2 is 2.55 bits per heavy atom. The molecule has 2 rings (SSSR count). The van der Waals surface area contributed by atoms with Gasteiger partial charge in [-0.15, -0.1) is 0 Å². The maximum absolute atomic E-state index is 5.13. The van der Waals surface area contributed by atoms with Gasteiger partial charge >= 0.3 is 0 Å². The lowest BCUT2D eigenvalue weighted by atomic mass is 10.2. The normalized spacial score (nSPS) is 10.2. The van der Waals surface area contributed by atoms with Crippen molar-refractivity contribution in [2.24, 2.45) is 0 Å². The van der Waals surface area contributed by atoms with Crippen molar-refractivity contribution in [3.05, 3.63) is 48.2 Å². The molecule has 2 aromatic heterocycles. The monoisotopic (exact) mass is 146 g/mol. The molecule has 0 unspecified atom stereocenters. The fraction of sp³-hybridized carbons (Fsp3) is 0.111. The van der Waals surface area contributed by atoms with E-state index in [0.29, 0.717) is 0 Å². The summed E-state index contributed by atoms with van der Waals surface area (Å²) in [6.45, 7) is 0. The molecule has 0 fully saturated rings. The number of H-pyrrole nitrogens is 1. The van der Waals surface area contributed by atoms with Crippen molar-refractivity contribution in [2.75, 3.05) is 0 Å². The van der Waals surface area contributed by atoms with Crippen molar-refractivity contribution >= 4 is 0 Å². The molecule has 0 spiro atoms. The Morgan fingerprint density at radius 3 is 3.18 bits per heavy atom. The number of hydrogen-bond donors (Lipinski definition) is 1. The third kappa shape index (κ3) is 1.34. The second-order valence-electron chi connectivity index (χ2n) is 2.39. The van der Waals surface area contributed by atoms with Gasteiger partial charge in [0.15, 0.2) is 0 Å². The summed E-state index contributed by atoms with van der Waals surface area (Å²) < 4.78 is 5.13. The molecule has 0 aliphatic heterocycles. The van der Waals surface area contributed by atoms with E-state index in [1.165, 1.54) is 0 Å². The van der Waals surface area contributed by atoms with Gasteiger partial charge in [0.05, 0.1) is 6.26 Å². The van der Waals surface area contributed by atoms with Gasteiger partial charge in [-0.2, -0.15) is 0 Å². The summed E-state index contributed by atoms with van der Waals surface area (Å²) in [5, 5.41) is 0. The Bertz CT molecular complexity index is 262. The van der Waals surface area contributed by atoms with Gasteiger partial charge in [0.2, 0.25) is 0 Å². The molecule has 11 heavy (non-hydrogen) atoms. The third-order valence-electron chi connectivity index (χ3n) is 1.55.